The fourth-order valence-electron chi connectivity index (χ4n) is 4.93. The molecule has 0 aliphatic carbocycles. The van der Waals surface area contributed by atoms with E-state index < -0.39 is 0 Å². The number of nitrogens with one attached hydrogen (secondary N) is 2. The van der Waals surface area contributed by atoms with Crippen molar-refractivity contribution in [2.24, 2.45) is 5.73 Å². The lowest BCUT2D eigenvalue weighted by Crippen LogP contribution is -2.34. The predicted octanol–water partition coefficient (Wildman–Crippen LogP) is 6.32. The molecule has 2 aromatic carbocycles. The molecule has 44 heavy (non-hydrogen) atoms. The van der Waals surface area contributed by atoms with E-state index in [-0.39, 0.29) is 60.8 Å². The number of halogens is 1. The molecule has 5 rings (SSSR count). The smallest absolute Gasteiger partial charge is 0.233 e. The third-order valence-electron chi connectivity index (χ3n) is 7.15. The van der Waals surface area contributed by atoms with Crippen molar-refractivity contribution in [3.05, 3.63) is 59.7 Å². The average Bonchev–Trinajstić information content (AvgIpc) is 2.98. The molecule has 252 valence electrons. The van der Waals surface area contributed by atoms with E-state index in [9.17, 15) is 9.59 Å². The molecule has 2 aliphatic rings. The van der Waals surface area contributed by atoms with Crippen LogP contribution in [0.1, 0.15) is 66.6 Å². The van der Waals surface area contributed by atoms with Crippen molar-refractivity contribution in [2.75, 3.05) is 46.6 Å². The Kier molecular flexibility index (Phi) is 17.7. The number of Topliss-reactive ketones (excluding diaryl/α,β-unsaturated/α-hetero) is 1. The maximum atomic E-state index is 12.7. The van der Waals surface area contributed by atoms with Crippen molar-refractivity contribution in [3.8, 4) is 0 Å². The van der Waals surface area contributed by atoms with Crippen LogP contribution in [0, 0.1) is 0 Å². The zero-order chi connectivity index (χ0) is 27.0. The molecule has 15 heteroatoms. The van der Waals surface area contributed by atoms with Crippen molar-refractivity contribution < 1.29 is 15.3 Å². The van der Waals surface area contributed by atoms with Gasteiger partial charge in [0.2, 0.25) is 23.8 Å². The van der Waals surface area contributed by atoms with Crippen molar-refractivity contribution in [3.63, 3.8) is 0 Å². The van der Waals surface area contributed by atoms with Crippen molar-refractivity contribution >= 4 is 53.3 Å². The van der Waals surface area contributed by atoms with Crippen LogP contribution < -0.4 is 50.8 Å². The van der Waals surface area contributed by atoms with Crippen LogP contribution in [0.15, 0.2) is 48.5 Å². The zero-order valence-corrected chi connectivity index (χ0v) is 26.3. The standard InChI is InChI=1S/C29H36N8O2.ClH.4H3N.4H2/c30-20-21-7-11-23(12-8-21)31-26(39)19-25(38)22-9-13-24(14-10-22)32-27-33-28(36-15-3-1-4-16-36)35-29(34-27)37-17-5-2-6-18-37;;;;;;;;;/h7-14H,1-6,15-20,30H2,(H,31,39)(H,32,33,34,35);1H;4*1H3;4*1H. The summed E-state index contributed by atoms with van der Waals surface area (Å²) in [6, 6.07) is 14.3. The van der Waals surface area contributed by atoms with E-state index in [1.807, 2.05) is 24.3 Å². The quantitative estimate of drug-likeness (QED) is 0.0996. The molecule has 0 spiro atoms. The number of aromatic nitrogens is 3. The third kappa shape index (κ3) is 10.7. The van der Waals surface area contributed by atoms with Crippen LogP contribution >= 0.6 is 12.4 Å². The number of nitrogens with two attached hydrogens (primary N) is 1. The van der Waals surface area contributed by atoms with E-state index in [0.29, 0.717) is 35.6 Å². The number of piperidine rings is 2. The summed E-state index contributed by atoms with van der Waals surface area (Å²) in [5.41, 5.74) is 8.44. The maximum Gasteiger partial charge on any atom is 0.233 e. The number of nitrogens with zero attached hydrogens (tertiary/aromatic N) is 5. The monoisotopic (exact) mass is 640 g/mol. The number of benzene rings is 2. The summed E-state index contributed by atoms with van der Waals surface area (Å²) in [6.45, 7) is 4.24. The minimum Gasteiger partial charge on any atom is -0.344 e. The SMILES string of the molecule is Cl.N.N.N.N.NCc1ccc(NC(=O)CC(=O)c2ccc(Nc3nc(N4CCCCC4)nc(N4CCCCC4)n3)cc2)cc1.[HH].[HH].[HH].[HH]. The summed E-state index contributed by atoms with van der Waals surface area (Å²) in [5.74, 6) is 1.30. The lowest BCUT2D eigenvalue weighted by atomic mass is 10.1. The number of hydrogen-bond acceptors (Lipinski definition) is 13. The lowest BCUT2D eigenvalue weighted by Gasteiger charge is -2.30. The highest BCUT2D eigenvalue weighted by Crippen LogP contribution is 2.24. The predicted molar refractivity (Wildman–Crippen MR) is 189 cm³/mol. The molecule has 14 nitrogen and oxygen atoms in total. The topological polar surface area (TPSA) is 269 Å². The van der Waals surface area contributed by atoms with Crippen LogP contribution in [-0.2, 0) is 11.3 Å². The molecule has 2 saturated heterocycles. The van der Waals surface area contributed by atoms with Gasteiger partial charge in [-0.3, -0.25) is 9.59 Å². The molecule has 0 bridgehead atoms. The molecule has 3 heterocycles. The Morgan fingerprint density at radius 1 is 0.705 bits per heavy atom. The molecule has 0 radical (unpaired) electrons. The summed E-state index contributed by atoms with van der Waals surface area (Å²) in [6.07, 6.45) is 6.80. The molecule has 16 N–H and O–H groups in total. The van der Waals surface area contributed by atoms with Crippen LogP contribution in [0.3, 0.4) is 0 Å². The Morgan fingerprint density at radius 3 is 1.66 bits per heavy atom. The second-order valence-corrected chi connectivity index (χ2v) is 10.1. The highest BCUT2D eigenvalue weighted by Gasteiger charge is 2.20. The fraction of sp³-hybridized carbons (Fsp3) is 0.414. The van der Waals surface area contributed by atoms with Gasteiger partial charge in [-0.05, 0) is 80.5 Å². The molecule has 3 aromatic rings. The van der Waals surface area contributed by atoms with Crippen LogP contribution in [-0.4, -0.2) is 52.8 Å². The number of hydrogen-bond donors (Lipinski definition) is 7. The summed E-state index contributed by atoms with van der Waals surface area (Å²) >= 11 is 0. The zero-order valence-electron chi connectivity index (χ0n) is 25.5. The molecule has 2 aliphatic heterocycles. The van der Waals surface area contributed by atoms with Gasteiger partial charge >= 0.3 is 0 Å². The van der Waals surface area contributed by atoms with Gasteiger partial charge in [-0.1, -0.05) is 12.1 Å². The number of rotatable bonds is 9. The van der Waals surface area contributed by atoms with Crippen LogP contribution in [0.25, 0.3) is 0 Å². The average molecular weight is 641 g/mol. The van der Waals surface area contributed by atoms with E-state index in [2.05, 4.69) is 20.4 Å². The molecular formula is C29H57ClN12O2. The fourth-order valence-corrected chi connectivity index (χ4v) is 4.93. The number of anilines is 5. The highest BCUT2D eigenvalue weighted by atomic mass is 35.5. The first kappa shape index (κ1) is 40.1. The summed E-state index contributed by atoms with van der Waals surface area (Å²) in [7, 11) is 0. The first-order valence-electron chi connectivity index (χ1n) is 13.8. The Labute approximate surface area is 271 Å². The first-order chi connectivity index (χ1) is 19.1. The Balaban J connectivity index is -0.000000685. The van der Waals surface area contributed by atoms with E-state index >= 15 is 0 Å². The Bertz CT molecular complexity index is 1270. The molecule has 0 atom stereocenters. The normalized spacial score (nSPS) is 13.8. The second kappa shape index (κ2) is 19.4. The van der Waals surface area contributed by atoms with Crippen LogP contribution in [0.4, 0.5) is 29.2 Å². The van der Waals surface area contributed by atoms with Crippen LogP contribution in [0.2, 0.25) is 0 Å². The van der Waals surface area contributed by atoms with Gasteiger partial charge in [0.1, 0.15) is 0 Å². The number of amides is 1. The van der Waals surface area contributed by atoms with Gasteiger partial charge in [0, 0.05) is 55.4 Å². The van der Waals surface area contributed by atoms with Gasteiger partial charge in [0.15, 0.2) is 5.78 Å². The van der Waals surface area contributed by atoms with E-state index in [4.69, 9.17) is 20.7 Å². The van der Waals surface area contributed by atoms with E-state index in [1.165, 1.54) is 12.8 Å². The van der Waals surface area contributed by atoms with Crippen molar-refractivity contribution in [1.82, 2.24) is 39.6 Å². The lowest BCUT2D eigenvalue weighted by molar-refractivity contribution is -0.115. The van der Waals surface area contributed by atoms with Crippen molar-refractivity contribution in [1.29, 1.82) is 0 Å². The van der Waals surface area contributed by atoms with Gasteiger partial charge in [0.05, 0.1) is 6.42 Å². The van der Waals surface area contributed by atoms with E-state index in [0.717, 1.165) is 63.1 Å². The number of carbonyl (C=O) groups is 2. The minimum absolute atomic E-state index is 0. The Hall–Kier alpha value is -3.92. The van der Waals surface area contributed by atoms with Gasteiger partial charge in [-0.2, -0.15) is 15.0 Å². The second-order valence-electron chi connectivity index (χ2n) is 10.1. The minimum atomic E-state index is -0.358. The summed E-state index contributed by atoms with van der Waals surface area (Å²) in [4.78, 5) is 43.9. The van der Waals surface area contributed by atoms with E-state index in [1.54, 1.807) is 24.3 Å². The van der Waals surface area contributed by atoms with Crippen LogP contribution in [0.5, 0.6) is 0 Å². The highest BCUT2D eigenvalue weighted by molar-refractivity contribution is 6.11. The molecule has 1 aromatic heterocycles. The summed E-state index contributed by atoms with van der Waals surface area (Å²) < 4.78 is 0. The van der Waals surface area contributed by atoms with Gasteiger partial charge < -0.3 is 50.8 Å². The number of carbonyl (C=O) groups excluding carboxylic acids is 2. The molecule has 1 amide bonds. The third-order valence-corrected chi connectivity index (χ3v) is 7.15. The van der Waals surface area contributed by atoms with Gasteiger partial charge in [-0.15, -0.1) is 12.4 Å². The molecule has 0 saturated carbocycles. The summed E-state index contributed by atoms with van der Waals surface area (Å²) in [5, 5.41) is 6.06. The van der Waals surface area contributed by atoms with Crippen molar-refractivity contribution in [2.45, 2.75) is 51.5 Å². The van der Waals surface area contributed by atoms with Gasteiger partial charge in [-0.25, -0.2) is 0 Å². The largest absolute Gasteiger partial charge is 0.344 e. The molecular weight excluding hydrogens is 584 g/mol. The number of ketones is 1. The molecule has 2 fully saturated rings. The Morgan fingerprint density at radius 2 is 1.18 bits per heavy atom. The van der Waals surface area contributed by atoms with Gasteiger partial charge in [0.25, 0.3) is 0 Å². The maximum absolute atomic E-state index is 12.7. The first-order valence-corrected chi connectivity index (χ1v) is 13.8. The molecule has 0 unspecified atom stereocenters.